The number of benzene rings is 5. The molecule has 17 heteroatoms. The van der Waals surface area contributed by atoms with E-state index in [0.29, 0.717) is 68.0 Å². The van der Waals surface area contributed by atoms with Crippen LogP contribution in [0.1, 0.15) is 163 Å². The smallest absolute Gasteiger partial charge is 0.343 e. The van der Waals surface area contributed by atoms with Gasteiger partial charge in [0.25, 0.3) is 0 Å². The Kier molecular flexibility index (Phi) is 31.0. The standard InChI is InChI=1S/C68H78O17/c1-4-62(69)79-46-22-15-11-7-9-13-19-43-76-56-37-29-53(30-38-56)66(73)84-59-41-42-61(85-67(74)54-31-39-57(40-32-54)77-44-20-14-10-8-12-16-23-47-80-63(70)5-2)60(49-59)68(75)82-50-51-25-33-58(34-26-51)83-65(72)52-27-35-55(36-28-52)78-45-21-17-18-24-48-81-64(71)6-3/h4-6,25-42,49H,1-3,7-24,43-48,50H2. The van der Waals surface area contributed by atoms with Gasteiger partial charge in [-0.2, -0.15) is 0 Å². The molecule has 0 spiro atoms. The maximum absolute atomic E-state index is 13.9. The molecule has 0 unspecified atom stereocenters. The Labute approximate surface area is 498 Å². The summed E-state index contributed by atoms with van der Waals surface area (Å²) in [4.78, 5) is 87.2. The Bertz CT molecular complexity index is 2890. The van der Waals surface area contributed by atoms with Gasteiger partial charge in [-0.15, -0.1) is 0 Å². The van der Waals surface area contributed by atoms with Crippen molar-refractivity contribution in [1.29, 1.82) is 0 Å². The molecular formula is C68H78O17. The summed E-state index contributed by atoms with van der Waals surface area (Å²) in [5.41, 5.74) is 1.09. The molecule has 5 aromatic carbocycles. The van der Waals surface area contributed by atoms with E-state index in [0.717, 1.165) is 134 Å². The lowest BCUT2D eigenvalue weighted by molar-refractivity contribution is -0.138. The van der Waals surface area contributed by atoms with E-state index < -0.39 is 41.8 Å². The number of rotatable bonds is 42. The lowest BCUT2D eigenvalue weighted by Gasteiger charge is -2.13. The third-order valence-electron chi connectivity index (χ3n) is 13.0. The van der Waals surface area contributed by atoms with Crippen molar-refractivity contribution in [2.45, 2.75) is 122 Å². The normalized spacial score (nSPS) is 10.6. The number of carbonyl (C=O) groups excluding carboxylic acids is 7. The Morgan fingerprint density at radius 3 is 0.976 bits per heavy atom. The van der Waals surface area contributed by atoms with Crippen molar-refractivity contribution in [1.82, 2.24) is 0 Å². The molecule has 0 amide bonds. The van der Waals surface area contributed by atoms with Gasteiger partial charge in [-0.3, -0.25) is 0 Å². The van der Waals surface area contributed by atoms with Gasteiger partial charge in [-0.1, -0.05) is 96.1 Å². The number of carbonyl (C=O) groups is 7. The third-order valence-corrected chi connectivity index (χ3v) is 13.0. The second kappa shape index (κ2) is 39.5. The molecule has 0 N–H and O–H groups in total. The van der Waals surface area contributed by atoms with E-state index in [2.05, 4.69) is 19.7 Å². The third kappa shape index (κ3) is 26.9. The van der Waals surface area contributed by atoms with E-state index in [1.165, 1.54) is 18.2 Å². The van der Waals surface area contributed by atoms with Gasteiger partial charge in [0.1, 0.15) is 46.7 Å². The number of ether oxygens (including phenoxy) is 10. The molecule has 5 rings (SSSR count). The van der Waals surface area contributed by atoms with Crippen LogP contribution < -0.4 is 28.4 Å². The van der Waals surface area contributed by atoms with Gasteiger partial charge < -0.3 is 47.4 Å². The predicted molar refractivity (Wildman–Crippen MR) is 319 cm³/mol. The van der Waals surface area contributed by atoms with Crippen LogP contribution in [0.2, 0.25) is 0 Å². The quantitative estimate of drug-likeness (QED) is 0.0117. The lowest BCUT2D eigenvalue weighted by Crippen LogP contribution is -2.14. The molecule has 0 aliphatic carbocycles. The van der Waals surface area contributed by atoms with Crippen molar-refractivity contribution in [3.05, 3.63) is 181 Å². The van der Waals surface area contributed by atoms with E-state index in [1.807, 2.05) is 0 Å². The van der Waals surface area contributed by atoms with Gasteiger partial charge in [0.15, 0.2) is 0 Å². The summed E-state index contributed by atoms with van der Waals surface area (Å²) in [6.45, 7) is 12.6. The molecule has 0 radical (unpaired) electrons. The van der Waals surface area contributed by atoms with Gasteiger partial charge in [0, 0.05) is 18.2 Å². The van der Waals surface area contributed by atoms with E-state index in [9.17, 15) is 33.6 Å². The van der Waals surface area contributed by atoms with Crippen LogP contribution in [0.5, 0.6) is 34.5 Å². The fourth-order valence-electron chi connectivity index (χ4n) is 8.25. The summed E-state index contributed by atoms with van der Waals surface area (Å²) in [7, 11) is 0. The summed E-state index contributed by atoms with van der Waals surface area (Å²) >= 11 is 0. The van der Waals surface area contributed by atoms with Crippen molar-refractivity contribution in [3.8, 4) is 34.5 Å². The Morgan fingerprint density at radius 2 is 0.612 bits per heavy atom. The maximum atomic E-state index is 13.9. The van der Waals surface area contributed by atoms with Gasteiger partial charge >= 0.3 is 41.8 Å². The second-order valence-corrected chi connectivity index (χ2v) is 19.6. The molecule has 0 saturated heterocycles. The first-order chi connectivity index (χ1) is 41.4. The lowest BCUT2D eigenvalue weighted by atomic mass is 10.1. The maximum Gasteiger partial charge on any atom is 0.343 e. The first kappa shape index (κ1) is 66.8. The van der Waals surface area contributed by atoms with E-state index in [-0.39, 0.29) is 40.5 Å². The minimum Gasteiger partial charge on any atom is -0.494 e. The van der Waals surface area contributed by atoms with Gasteiger partial charge in [0.05, 0.1) is 56.3 Å². The van der Waals surface area contributed by atoms with Crippen molar-refractivity contribution in [2.75, 3.05) is 39.6 Å². The minimum absolute atomic E-state index is 0.0132. The van der Waals surface area contributed by atoms with Crippen LogP contribution in [0, 0.1) is 0 Å². The number of unbranched alkanes of at least 4 members (excludes halogenated alkanes) is 15. The van der Waals surface area contributed by atoms with Crippen molar-refractivity contribution in [3.63, 3.8) is 0 Å². The van der Waals surface area contributed by atoms with Crippen LogP contribution in [0.4, 0.5) is 0 Å². The zero-order chi connectivity index (χ0) is 60.7. The highest BCUT2D eigenvalue weighted by Crippen LogP contribution is 2.29. The molecule has 85 heavy (non-hydrogen) atoms. The summed E-state index contributed by atoms with van der Waals surface area (Å²) < 4.78 is 55.3. The monoisotopic (exact) mass is 1170 g/mol. The first-order valence-electron chi connectivity index (χ1n) is 29.1. The van der Waals surface area contributed by atoms with Crippen LogP contribution in [0.15, 0.2) is 153 Å². The molecule has 0 aliphatic heterocycles. The van der Waals surface area contributed by atoms with Gasteiger partial charge in [-0.05, 0) is 160 Å². The number of hydrogen-bond donors (Lipinski definition) is 0. The average molecular weight is 1170 g/mol. The summed E-state index contributed by atoms with van der Waals surface area (Å²) in [6.07, 6.45) is 20.6. The fraction of sp³-hybridized carbons (Fsp3) is 0.368. The van der Waals surface area contributed by atoms with Crippen molar-refractivity contribution >= 4 is 41.8 Å². The van der Waals surface area contributed by atoms with E-state index in [1.54, 1.807) is 97.1 Å². The summed E-state index contributed by atoms with van der Waals surface area (Å²) in [5, 5.41) is 0. The molecule has 452 valence electrons. The Morgan fingerprint density at radius 1 is 0.306 bits per heavy atom. The molecule has 0 fully saturated rings. The minimum atomic E-state index is -0.882. The molecule has 0 heterocycles. The van der Waals surface area contributed by atoms with E-state index in [4.69, 9.17) is 47.4 Å². The Hall–Kier alpha value is -8.99. The number of esters is 7. The highest BCUT2D eigenvalue weighted by atomic mass is 16.6. The highest BCUT2D eigenvalue weighted by Gasteiger charge is 2.22. The Balaban J connectivity index is 1.12. The van der Waals surface area contributed by atoms with Crippen LogP contribution in [0.3, 0.4) is 0 Å². The zero-order valence-electron chi connectivity index (χ0n) is 48.4. The summed E-state index contributed by atoms with van der Waals surface area (Å²) in [6, 6.07) is 29.9. The predicted octanol–water partition coefficient (Wildman–Crippen LogP) is 14.0. The van der Waals surface area contributed by atoms with Crippen LogP contribution in [-0.2, 0) is 39.9 Å². The van der Waals surface area contributed by atoms with Crippen LogP contribution in [0.25, 0.3) is 0 Å². The first-order valence-corrected chi connectivity index (χ1v) is 29.1. The van der Waals surface area contributed by atoms with Gasteiger partial charge in [0.2, 0.25) is 0 Å². The molecule has 17 nitrogen and oxygen atoms in total. The van der Waals surface area contributed by atoms with Crippen LogP contribution >= 0.6 is 0 Å². The van der Waals surface area contributed by atoms with Gasteiger partial charge in [-0.25, -0.2) is 33.6 Å². The van der Waals surface area contributed by atoms with E-state index >= 15 is 0 Å². The van der Waals surface area contributed by atoms with Crippen LogP contribution in [-0.4, -0.2) is 81.4 Å². The fourth-order valence-corrected chi connectivity index (χ4v) is 8.25. The molecule has 0 aromatic heterocycles. The topological polar surface area (TPSA) is 212 Å². The molecule has 0 atom stereocenters. The highest BCUT2D eigenvalue weighted by molar-refractivity contribution is 5.97. The average Bonchev–Trinajstić information content (AvgIpc) is 3.57. The molecular weight excluding hydrogens is 1090 g/mol. The summed E-state index contributed by atoms with van der Waals surface area (Å²) in [5.74, 6) is -2.29. The molecule has 0 aliphatic rings. The molecule has 0 saturated carbocycles. The zero-order valence-corrected chi connectivity index (χ0v) is 48.4. The largest absolute Gasteiger partial charge is 0.494 e. The SMILES string of the molecule is C=CC(=O)OCCCCCCCCCOc1ccc(C(=O)Oc2ccc(OC(=O)c3ccc(OCCCCCCCCCOC(=O)C=C)cc3)c(C(=O)OCc3ccc(OC(=O)c4ccc(OCCCCCCOC(=O)C=C)cc4)cc3)c2)cc1. The second-order valence-electron chi connectivity index (χ2n) is 19.6. The molecule has 5 aromatic rings. The number of hydrogen-bond acceptors (Lipinski definition) is 17. The molecule has 0 bridgehead atoms. The van der Waals surface area contributed by atoms with Crippen molar-refractivity contribution in [2.24, 2.45) is 0 Å². The van der Waals surface area contributed by atoms with Crippen molar-refractivity contribution < 1.29 is 80.9 Å².